The fourth-order valence-corrected chi connectivity index (χ4v) is 10.6. The van der Waals surface area contributed by atoms with Gasteiger partial charge in [0.1, 0.15) is 18.8 Å². The lowest BCUT2D eigenvalue weighted by molar-refractivity contribution is -0.291. The van der Waals surface area contributed by atoms with Crippen LogP contribution in [0.4, 0.5) is 0 Å². The van der Waals surface area contributed by atoms with Gasteiger partial charge in [0.05, 0.1) is 30.5 Å². The molecule has 29 heavy (non-hydrogen) atoms. The number of hydrogen-bond acceptors (Lipinski definition) is 6. The Balaban J connectivity index is 1.58. The van der Waals surface area contributed by atoms with Crippen LogP contribution in [-0.2, 0) is 27.9 Å². The van der Waals surface area contributed by atoms with Crippen LogP contribution >= 0.6 is 0 Å². The number of carbonyl (C=O) groups excluding carboxylic acids is 1. The number of ketones is 1. The molecular weight excluding hydrogens is 388 g/mol. The van der Waals surface area contributed by atoms with Crippen LogP contribution in [0.3, 0.4) is 0 Å². The molecule has 0 N–H and O–H groups in total. The maximum Gasteiger partial charge on any atom is 0.349 e. The lowest BCUT2D eigenvalue weighted by Crippen LogP contribution is -2.70. The van der Waals surface area contributed by atoms with Crippen LogP contribution < -0.4 is 0 Å². The molecule has 6 nitrogen and oxygen atoms in total. The molecule has 0 unspecified atom stereocenters. The van der Waals surface area contributed by atoms with E-state index < -0.39 is 14.2 Å². The van der Waals surface area contributed by atoms with Gasteiger partial charge >= 0.3 is 8.56 Å². The van der Waals surface area contributed by atoms with E-state index in [0.29, 0.717) is 13.0 Å². The number of rotatable bonds is 0. The maximum atomic E-state index is 11.8. The van der Waals surface area contributed by atoms with E-state index in [1.54, 1.807) is 6.08 Å². The predicted molar refractivity (Wildman–Crippen MR) is 111 cm³/mol. The van der Waals surface area contributed by atoms with Crippen molar-refractivity contribution in [3.05, 3.63) is 12.2 Å². The Morgan fingerprint density at radius 1 is 1.07 bits per heavy atom. The first kappa shape index (κ1) is 21.7. The standard InChI is InChI=1S/C22H36O6Si/c1-20(2,3)29(21(4,5)6)25-13-18-17(28-29)11-22(7)19(26-18)10-16-15(27-22)9-8-14(23)12-24-16/h8-9,15-19H,10-13H2,1-7H3/t15-,16+,17-,18+,19-,22+/m0/s1. The molecule has 4 aliphatic heterocycles. The van der Waals surface area contributed by atoms with E-state index in [-0.39, 0.29) is 53.0 Å². The topological polar surface area (TPSA) is 63.2 Å². The minimum absolute atomic E-state index is 0.0198. The molecule has 4 heterocycles. The number of fused-ring (bicyclic) bond motifs is 3. The molecule has 164 valence electrons. The third kappa shape index (κ3) is 3.58. The molecule has 0 spiro atoms. The lowest BCUT2D eigenvalue weighted by Gasteiger charge is -2.59. The SMILES string of the molecule is CC(C)(C)[Si]1(C(C)(C)C)OC[C@H]2O[C@H]3C[C@H]4OCC(=O)C=C[C@@H]4O[C@]3(C)C[C@@H]2O1. The molecule has 0 aromatic carbocycles. The van der Waals surface area contributed by atoms with E-state index in [2.05, 4.69) is 48.5 Å². The highest BCUT2D eigenvalue weighted by Gasteiger charge is 2.64. The Morgan fingerprint density at radius 3 is 2.41 bits per heavy atom. The zero-order chi connectivity index (χ0) is 21.2. The number of ether oxygens (including phenoxy) is 3. The minimum Gasteiger partial charge on any atom is -0.391 e. The van der Waals surface area contributed by atoms with Crippen molar-refractivity contribution in [2.75, 3.05) is 13.2 Å². The summed E-state index contributed by atoms with van der Waals surface area (Å²) in [4.78, 5) is 11.8. The third-order valence-electron chi connectivity index (χ3n) is 6.91. The lowest BCUT2D eigenvalue weighted by atomic mass is 9.80. The summed E-state index contributed by atoms with van der Waals surface area (Å²) in [7, 11) is -2.55. The first-order valence-electron chi connectivity index (χ1n) is 10.8. The molecule has 4 rings (SSSR count). The molecule has 3 fully saturated rings. The van der Waals surface area contributed by atoms with Gasteiger partial charge in [-0.15, -0.1) is 0 Å². The molecule has 0 aromatic rings. The van der Waals surface area contributed by atoms with Gasteiger partial charge in [0.15, 0.2) is 5.78 Å². The largest absolute Gasteiger partial charge is 0.391 e. The van der Waals surface area contributed by atoms with E-state index in [0.717, 1.165) is 6.42 Å². The molecule has 7 heteroatoms. The van der Waals surface area contributed by atoms with Gasteiger partial charge in [-0.25, -0.2) is 0 Å². The van der Waals surface area contributed by atoms with Gasteiger partial charge in [0.2, 0.25) is 0 Å². The van der Waals surface area contributed by atoms with Crippen LogP contribution in [0.25, 0.3) is 0 Å². The van der Waals surface area contributed by atoms with Crippen LogP contribution in [0.1, 0.15) is 61.3 Å². The first-order chi connectivity index (χ1) is 13.3. The molecule has 0 amide bonds. The minimum atomic E-state index is -2.55. The quantitative estimate of drug-likeness (QED) is 0.553. The first-order valence-corrected chi connectivity index (χ1v) is 12.6. The van der Waals surface area contributed by atoms with E-state index in [1.807, 2.05) is 6.08 Å². The number of hydrogen-bond donors (Lipinski definition) is 0. The molecular formula is C22H36O6Si. The van der Waals surface area contributed by atoms with Gasteiger partial charge in [0.25, 0.3) is 0 Å². The van der Waals surface area contributed by atoms with Crippen molar-refractivity contribution in [2.45, 2.75) is 108 Å². The fourth-order valence-electron chi connectivity index (χ4n) is 5.65. The monoisotopic (exact) mass is 424 g/mol. The van der Waals surface area contributed by atoms with E-state index in [1.165, 1.54) is 0 Å². The van der Waals surface area contributed by atoms with Crippen molar-refractivity contribution in [2.24, 2.45) is 0 Å². The van der Waals surface area contributed by atoms with Crippen molar-refractivity contribution < 1.29 is 27.9 Å². The molecule has 3 saturated heterocycles. The molecule has 0 aliphatic carbocycles. The van der Waals surface area contributed by atoms with Crippen LogP contribution in [0.2, 0.25) is 10.1 Å². The summed E-state index contributed by atoms with van der Waals surface area (Å²) in [6.45, 7) is 16.1. The highest BCUT2D eigenvalue weighted by Crippen LogP contribution is 2.56. The van der Waals surface area contributed by atoms with Crippen LogP contribution in [0.5, 0.6) is 0 Å². The van der Waals surface area contributed by atoms with E-state index >= 15 is 0 Å². The van der Waals surface area contributed by atoms with Gasteiger partial charge in [0, 0.05) is 22.9 Å². The normalized spacial score (nSPS) is 42.4. The third-order valence-corrected chi connectivity index (χ3v) is 12.1. The molecule has 0 aromatic heterocycles. The molecule has 0 radical (unpaired) electrons. The number of carbonyl (C=O) groups is 1. The summed E-state index contributed by atoms with van der Waals surface area (Å²) < 4.78 is 32.3. The highest BCUT2D eigenvalue weighted by molar-refractivity contribution is 6.73. The van der Waals surface area contributed by atoms with Crippen LogP contribution in [0.15, 0.2) is 12.2 Å². The molecule has 0 bridgehead atoms. The van der Waals surface area contributed by atoms with Crippen molar-refractivity contribution >= 4 is 14.3 Å². The second-order valence-electron chi connectivity index (χ2n) is 11.3. The smallest absolute Gasteiger partial charge is 0.349 e. The Bertz CT molecular complexity index is 678. The highest BCUT2D eigenvalue weighted by atomic mass is 28.4. The second-order valence-corrected chi connectivity index (χ2v) is 16.0. The summed E-state index contributed by atoms with van der Waals surface area (Å²) in [6.07, 6.45) is 4.28. The summed E-state index contributed by atoms with van der Waals surface area (Å²) in [5.41, 5.74) is -0.476. The maximum absolute atomic E-state index is 11.8. The average molecular weight is 425 g/mol. The molecule has 0 saturated carbocycles. The van der Waals surface area contributed by atoms with Crippen LogP contribution in [0, 0.1) is 0 Å². The zero-order valence-electron chi connectivity index (χ0n) is 18.8. The molecule has 4 aliphatic rings. The van der Waals surface area contributed by atoms with Crippen molar-refractivity contribution in [3.8, 4) is 0 Å². The zero-order valence-corrected chi connectivity index (χ0v) is 19.8. The van der Waals surface area contributed by atoms with Gasteiger partial charge in [-0.05, 0) is 19.1 Å². The van der Waals surface area contributed by atoms with E-state index in [4.69, 9.17) is 23.1 Å². The van der Waals surface area contributed by atoms with Gasteiger partial charge < -0.3 is 23.1 Å². The Morgan fingerprint density at radius 2 is 1.76 bits per heavy atom. The van der Waals surface area contributed by atoms with Gasteiger partial charge in [-0.2, -0.15) is 0 Å². The second kappa shape index (κ2) is 6.97. The molecule has 6 atom stereocenters. The van der Waals surface area contributed by atoms with Crippen molar-refractivity contribution in [1.82, 2.24) is 0 Å². The van der Waals surface area contributed by atoms with Gasteiger partial charge in [-0.3, -0.25) is 4.79 Å². The van der Waals surface area contributed by atoms with Crippen molar-refractivity contribution in [1.29, 1.82) is 0 Å². The van der Waals surface area contributed by atoms with Gasteiger partial charge in [-0.1, -0.05) is 41.5 Å². The summed E-state index contributed by atoms with van der Waals surface area (Å²) in [5, 5.41) is -0.130. The van der Waals surface area contributed by atoms with Crippen molar-refractivity contribution in [3.63, 3.8) is 0 Å². The Kier molecular flexibility index (Phi) is 5.20. The summed E-state index contributed by atoms with van der Waals surface area (Å²) in [5.74, 6) is -0.0198. The Labute approximate surface area is 175 Å². The summed E-state index contributed by atoms with van der Waals surface area (Å²) >= 11 is 0. The summed E-state index contributed by atoms with van der Waals surface area (Å²) in [6, 6.07) is 0. The van der Waals surface area contributed by atoms with Crippen LogP contribution in [-0.4, -0.2) is 63.7 Å². The predicted octanol–water partition coefficient (Wildman–Crippen LogP) is 3.67. The Hall–Kier alpha value is -0.573. The van der Waals surface area contributed by atoms with E-state index in [9.17, 15) is 4.79 Å². The fraction of sp³-hybridized carbons (Fsp3) is 0.864. The average Bonchev–Trinajstić information content (AvgIpc) is 2.76.